The number of urea groups is 1. The summed E-state index contributed by atoms with van der Waals surface area (Å²) in [5.74, 6) is -1.66. The van der Waals surface area contributed by atoms with E-state index in [0.717, 1.165) is 43.2 Å². The first-order valence-corrected chi connectivity index (χ1v) is 11.5. The summed E-state index contributed by atoms with van der Waals surface area (Å²) >= 11 is 3.36. The second-order valence-corrected chi connectivity index (χ2v) is 9.14. The van der Waals surface area contributed by atoms with Crippen LogP contribution in [0.3, 0.4) is 0 Å². The number of carboxylic acids is 1. The van der Waals surface area contributed by atoms with Crippen LogP contribution in [0, 0.1) is 19.8 Å². The van der Waals surface area contributed by atoms with Gasteiger partial charge in [-0.05, 0) is 61.9 Å². The smallest absolute Gasteiger partial charge is 0.326 e. The molecular weight excluding hydrogens is 474 g/mol. The maximum Gasteiger partial charge on any atom is 0.326 e. The maximum absolute atomic E-state index is 13.0. The van der Waals surface area contributed by atoms with E-state index in [9.17, 15) is 19.5 Å². The van der Waals surface area contributed by atoms with Gasteiger partial charge >= 0.3 is 12.0 Å². The molecule has 0 saturated heterocycles. The van der Waals surface area contributed by atoms with E-state index in [1.807, 2.05) is 32.0 Å². The molecule has 0 radical (unpaired) electrons. The van der Waals surface area contributed by atoms with Crippen molar-refractivity contribution in [2.24, 2.45) is 5.92 Å². The number of halogens is 1. The van der Waals surface area contributed by atoms with Gasteiger partial charge in [0.2, 0.25) is 0 Å². The van der Waals surface area contributed by atoms with Crippen LogP contribution in [0.4, 0.5) is 16.2 Å². The van der Waals surface area contributed by atoms with Crippen molar-refractivity contribution >= 4 is 45.2 Å². The third-order valence-corrected chi connectivity index (χ3v) is 6.36. The molecule has 3 rings (SSSR count). The number of aryl methyl sites for hydroxylation is 2. The number of carbonyl (C=O) groups excluding carboxylic acids is 2. The predicted molar refractivity (Wildman–Crippen MR) is 128 cm³/mol. The number of benzene rings is 2. The minimum Gasteiger partial charge on any atom is -0.480 e. The van der Waals surface area contributed by atoms with Crippen LogP contribution in [0.25, 0.3) is 0 Å². The van der Waals surface area contributed by atoms with Crippen molar-refractivity contribution in [1.82, 2.24) is 5.32 Å². The van der Waals surface area contributed by atoms with Crippen LogP contribution in [0.15, 0.2) is 40.9 Å². The fourth-order valence-electron chi connectivity index (χ4n) is 4.16. The highest BCUT2D eigenvalue weighted by atomic mass is 79.9. The van der Waals surface area contributed by atoms with Crippen LogP contribution in [0.2, 0.25) is 0 Å². The van der Waals surface area contributed by atoms with Gasteiger partial charge in [-0.1, -0.05) is 53.4 Å². The zero-order valence-electron chi connectivity index (χ0n) is 18.2. The minimum atomic E-state index is -1.04. The fraction of sp³-hybridized carbons (Fsp3) is 0.375. The summed E-state index contributed by atoms with van der Waals surface area (Å²) in [6, 6.07) is 9.13. The normalized spacial score (nSPS) is 15.0. The first-order valence-electron chi connectivity index (χ1n) is 10.7. The highest BCUT2D eigenvalue weighted by Gasteiger charge is 2.31. The van der Waals surface area contributed by atoms with Crippen LogP contribution in [0.1, 0.15) is 53.6 Å². The molecule has 2 aromatic carbocycles. The van der Waals surface area contributed by atoms with Gasteiger partial charge in [0.15, 0.2) is 0 Å². The quantitative estimate of drug-likeness (QED) is 0.420. The Labute approximate surface area is 196 Å². The molecule has 2 aromatic rings. The van der Waals surface area contributed by atoms with Crippen LogP contribution in [0.5, 0.6) is 0 Å². The molecule has 1 unspecified atom stereocenters. The average molecular weight is 502 g/mol. The lowest BCUT2D eigenvalue weighted by Crippen LogP contribution is -2.46. The van der Waals surface area contributed by atoms with Crippen LogP contribution in [-0.4, -0.2) is 29.1 Å². The molecule has 0 spiro atoms. The summed E-state index contributed by atoms with van der Waals surface area (Å²) in [5.41, 5.74) is 3.03. The number of anilines is 2. The Morgan fingerprint density at radius 2 is 1.66 bits per heavy atom. The predicted octanol–water partition coefficient (Wildman–Crippen LogP) is 5.47. The molecular formula is C24H28BrN3O4. The van der Waals surface area contributed by atoms with E-state index in [-0.39, 0.29) is 17.2 Å². The Kier molecular flexibility index (Phi) is 7.90. The van der Waals surface area contributed by atoms with Gasteiger partial charge in [-0.25, -0.2) is 9.59 Å². The molecule has 1 aliphatic rings. The van der Waals surface area contributed by atoms with Crippen LogP contribution >= 0.6 is 15.9 Å². The van der Waals surface area contributed by atoms with E-state index >= 15 is 0 Å². The molecule has 1 atom stereocenters. The Balaban J connectivity index is 1.78. The summed E-state index contributed by atoms with van der Waals surface area (Å²) in [5, 5.41) is 17.9. The molecule has 1 fully saturated rings. The van der Waals surface area contributed by atoms with Gasteiger partial charge in [-0.2, -0.15) is 0 Å². The molecule has 0 aromatic heterocycles. The summed E-state index contributed by atoms with van der Waals surface area (Å²) in [6.07, 6.45) is 4.58. The zero-order valence-corrected chi connectivity index (χ0v) is 19.8. The number of hydrogen-bond donors (Lipinski definition) is 4. The number of rotatable bonds is 6. The molecule has 0 heterocycles. The number of aliphatic carboxylic acids is 1. The molecule has 1 aliphatic carbocycles. The van der Waals surface area contributed by atoms with Gasteiger partial charge in [0.25, 0.3) is 5.91 Å². The van der Waals surface area contributed by atoms with Crippen molar-refractivity contribution in [2.45, 2.75) is 52.0 Å². The Hall–Kier alpha value is -2.87. The highest BCUT2D eigenvalue weighted by molar-refractivity contribution is 9.10. The number of carbonyl (C=O) groups is 3. The number of amides is 3. The van der Waals surface area contributed by atoms with Crippen molar-refractivity contribution in [3.63, 3.8) is 0 Å². The van der Waals surface area contributed by atoms with E-state index in [2.05, 4.69) is 31.9 Å². The molecule has 1 saturated carbocycles. The molecule has 32 heavy (non-hydrogen) atoms. The maximum atomic E-state index is 13.0. The summed E-state index contributed by atoms with van der Waals surface area (Å²) in [4.78, 5) is 37.6. The lowest BCUT2D eigenvalue weighted by molar-refractivity contribution is -0.141. The Bertz CT molecular complexity index is 998. The van der Waals surface area contributed by atoms with Crippen molar-refractivity contribution in [3.05, 3.63) is 57.6 Å². The molecule has 0 bridgehead atoms. The zero-order chi connectivity index (χ0) is 23.3. The van der Waals surface area contributed by atoms with Crippen molar-refractivity contribution in [1.29, 1.82) is 0 Å². The van der Waals surface area contributed by atoms with Gasteiger partial charge in [-0.15, -0.1) is 0 Å². The van der Waals surface area contributed by atoms with Crippen molar-refractivity contribution < 1.29 is 19.5 Å². The molecule has 4 N–H and O–H groups in total. The van der Waals surface area contributed by atoms with E-state index < -0.39 is 23.9 Å². The van der Waals surface area contributed by atoms with E-state index in [0.29, 0.717) is 10.2 Å². The standard InChI is InChI=1S/C24H28BrN3O4/c1-14-7-6-8-15(2)20(14)28-24(32)26-19-13-17(25)11-12-18(19)22(29)27-21(23(30)31)16-9-4-3-5-10-16/h6-8,11-13,16,21H,3-5,9-10H2,1-2H3,(H,27,29)(H,30,31)(H2,26,28,32). The second-order valence-electron chi connectivity index (χ2n) is 8.22. The summed E-state index contributed by atoms with van der Waals surface area (Å²) in [6.45, 7) is 3.80. The highest BCUT2D eigenvalue weighted by Crippen LogP contribution is 2.28. The number of para-hydroxylation sites is 1. The monoisotopic (exact) mass is 501 g/mol. The van der Waals surface area contributed by atoms with E-state index in [4.69, 9.17) is 0 Å². The largest absolute Gasteiger partial charge is 0.480 e. The van der Waals surface area contributed by atoms with E-state index in [1.54, 1.807) is 18.2 Å². The molecule has 3 amide bonds. The van der Waals surface area contributed by atoms with Gasteiger partial charge < -0.3 is 21.1 Å². The first-order chi connectivity index (χ1) is 15.3. The van der Waals surface area contributed by atoms with E-state index in [1.165, 1.54) is 0 Å². The fourth-order valence-corrected chi connectivity index (χ4v) is 4.53. The Morgan fingerprint density at radius 3 is 2.28 bits per heavy atom. The summed E-state index contributed by atoms with van der Waals surface area (Å²) in [7, 11) is 0. The van der Waals surface area contributed by atoms with Gasteiger partial charge in [-0.3, -0.25) is 4.79 Å². The first kappa shape index (κ1) is 23.8. The number of nitrogens with one attached hydrogen (secondary N) is 3. The second kappa shape index (κ2) is 10.6. The number of hydrogen-bond acceptors (Lipinski definition) is 3. The van der Waals surface area contributed by atoms with Gasteiger partial charge in [0, 0.05) is 10.2 Å². The molecule has 8 heteroatoms. The SMILES string of the molecule is Cc1cccc(C)c1NC(=O)Nc1cc(Br)ccc1C(=O)NC(C(=O)O)C1CCCCC1. The van der Waals surface area contributed by atoms with Crippen LogP contribution in [-0.2, 0) is 4.79 Å². The molecule has 170 valence electrons. The number of carboxylic acid groups (broad SMARTS) is 1. The lowest BCUT2D eigenvalue weighted by Gasteiger charge is -2.28. The minimum absolute atomic E-state index is 0.0932. The van der Waals surface area contributed by atoms with Crippen LogP contribution < -0.4 is 16.0 Å². The van der Waals surface area contributed by atoms with Gasteiger partial charge in [0.1, 0.15) is 6.04 Å². The lowest BCUT2D eigenvalue weighted by atomic mass is 9.84. The summed E-state index contributed by atoms with van der Waals surface area (Å²) < 4.78 is 0.679. The third-order valence-electron chi connectivity index (χ3n) is 5.87. The van der Waals surface area contributed by atoms with Crippen molar-refractivity contribution in [3.8, 4) is 0 Å². The van der Waals surface area contributed by atoms with Gasteiger partial charge in [0.05, 0.1) is 11.3 Å². The topological polar surface area (TPSA) is 108 Å². The van der Waals surface area contributed by atoms with Crippen molar-refractivity contribution in [2.75, 3.05) is 10.6 Å². The Morgan fingerprint density at radius 1 is 1.00 bits per heavy atom. The molecule has 0 aliphatic heterocycles. The third kappa shape index (κ3) is 5.88. The average Bonchev–Trinajstić information content (AvgIpc) is 2.75. The molecule has 7 nitrogen and oxygen atoms in total.